The van der Waals surface area contributed by atoms with Crippen molar-refractivity contribution in [1.29, 1.82) is 0 Å². The summed E-state index contributed by atoms with van der Waals surface area (Å²) < 4.78 is 40.1. The number of hydrogen-bond acceptors (Lipinski definition) is 4. The maximum absolute atomic E-state index is 13.4. The summed E-state index contributed by atoms with van der Waals surface area (Å²) in [5, 5.41) is 2.51. The van der Waals surface area contributed by atoms with E-state index in [-0.39, 0.29) is 33.0 Å². The van der Waals surface area contributed by atoms with Gasteiger partial charge in [0.2, 0.25) is 0 Å². The third-order valence-electron chi connectivity index (χ3n) is 4.07. The minimum Gasteiger partial charge on any atom is -0.397 e. The SMILES string of the molecule is Cc1cc(C)cc(CNC(=O)c2sc3nc(C)cc(C(F)(F)F)c3c2N)c1. The van der Waals surface area contributed by atoms with E-state index in [1.165, 1.54) is 6.92 Å². The number of hydrogen-bond donors (Lipinski definition) is 2. The zero-order valence-electron chi connectivity index (χ0n) is 15.0. The summed E-state index contributed by atoms with van der Waals surface area (Å²) in [7, 11) is 0. The van der Waals surface area contributed by atoms with Gasteiger partial charge < -0.3 is 11.1 Å². The topological polar surface area (TPSA) is 68.0 Å². The van der Waals surface area contributed by atoms with E-state index in [1.807, 2.05) is 32.0 Å². The molecule has 0 saturated heterocycles. The average molecular weight is 393 g/mol. The summed E-state index contributed by atoms with van der Waals surface area (Å²) >= 11 is 0.870. The monoisotopic (exact) mass is 393 g/mol. The summed E-state index contributed by atoms with van der Waals surface area (Å²) in [5.74, 6) is -0.513. The van der Waals surface area contributed by atoms with Gasteiger partial charge in [-0.25, -0.2) is 4.98 Å². The van der Waals surface area contributed by atoms with Gasteiger partial charge in [-0.3, -0.25) is 4.79 Å². The van der Waals surface area contributed by atoms with E-state index in [0.717, 1.165) is 34.1 Å². The number of aromatic nitrogens is 1. The highest BCUT2D eigenvalue weighted by molar-refractivity contribution is 7.21. The van der Waals surface area contributed by atoms with E-state index in [1.54, 1.807) is 0 Å². The number of thiophene rings is 1. The van der Waals surface area contributed by atoms with Crippen LogP contribution in [0.4, 0.5) is 18.9 Å². The molecule has 0 aliphatic heterocycles. The molecular formula is C19H18F3N3OS. The molecular weight excluding hydrogens is 375 g/mol. The van der Waals surface area contributed by atoms with Crippen molar-refractivity contribution in [1.82, 2.24) is 10.3 Å². The first kappa shape index (κ1) is 19.2. The van der Waals surface area contributed by atoms with Crippen LogP contribution in [0.1, 0.15) is 37.6 Å². The molecule has 0 aliphatic rings. The minimum absolute atomic E-state index is 0.0398. The number of nitrogens with two attached hydrogens (primary N) is 1. The van der Waals surface area contributed by atoms with Crippen LogP contribution in [-0.2, 0) is 12.7 Å². The molecule has 3 rings (SSSR count). The van der Waals surface area contributed by atoms with Crippen LogP contribution in [0.25, 0.3) is 10.2 Å². The highest BCUT2D eigenvalue weighted by atomic mass is 32.1. The van der Waals surface area contributed by atoms with Crippen LogP contribution in [0.5, 0.6) is 0 Å². The predicted molar refractivity (Wildman–Crippen MR) is 101 cm³/mol. The third-order valence-corrected chi connectivity index (χ3v) is 5.17. The number of aryl methyl sites for hydroxylation is 3. The van der Waals surface area contributed by atoms with Gasteiger partial charge in [-0.1, -0.05) is 29.3 Å². The highest BCUT2D eigenvalue weighted by Gasteiger charge is 2.35. The van der Waals surface area contributed by atoms with Crippen LogP contribution < -0.4 is 11.1 Å². The van der Waals surface area contributed by atoms with Gasteiger partial charge in [0.05, 0.1) is 11.3 Å². The lowest BCUT2D eigenvalue weighted by atomic mass is 10.1. The van der Waals surface area contributed by atoms with Gasteiger partial charge >= 0.3 is 6.18 Å². The Morgan fingerprint density at radius 1 is 1.15 bits per heavy atom. The molecule has 0 bridgehead atoms. The van der Waals surface area contributed by atoms with Crippen LogP contribution in [0, 0.1) is 20.8 Å². The molecule has 8 heteroatoms. The van der Waals surface area contributed by atoms with Crippen molar-refractivity contribution >= 4 is 33.1 Å². The molecule has 0 unspecified atom stereocenters. The number of alkyl halides is 3. The van der Waals surface area contributed by atoms with Crippen molar-refractivity contribution in [2.45, 2.75) is 33.5 Å². The smallest absolute Gasteiger partial charge is 0.397 e. The van der Waals surface area contributed by atoms with E-state index in [0.29, 0.717) is 0 Å². The second-order valence-electron chi connectivity index (χ2n) is 6.51. The number of carbonyl (C=O) groups excluding carboxylic acids is 1. The quantitative estimate of drug-likeness (QED) is 0.675. The fourth-order valence-corrected chi connectivity index (χ4v) is 4.15. The Morgan fingerprint density at radius 2 is 1.78 bits per heavy atom. The zero-order chi connectivity index (χ0) is 19.9. The van der Waals surface area contributed by atoms with Gasteiger partial charge in [-0.05, 0) is 32.4 Å². The van der Waals surface area contributed by atoms with Gasteiger partial charge in [0, 0.05) is 17.6 Å². The summed E-state index contributed by atoms with van der Waals surface area (Å²) in [6.45, 7) is 5.64. The molecule has 0 atom stereocenters. The number of benzene rings is 1. The molecule has 3 N–H and O–H groups in total. The van der Waals surface area contributed by atoms with Crippen LogP contribution in [0.15, 0.2) is 24.3 Å². The second kappa shape index (κ2) is 6.84. The van der Waals surface area contributed by atoms with E-state index in [9.17, 15) is 18.0 Å². The molecule has 2 heterocycles. The Kier molecular flexibility index (Phi) is 4.86. The molecule has 4 nitrogen and oxygen atoms in total. The molecule has 0 spiro atoms. The standard InChI is InChI=1S/C19H18F3N3OS/c1-9-4-10(2)6-12(5-9)8-24-17(26)16-15(23)14-13(19(20,21)22)7-11(3)25-18(14)27-16/h4-7H,8,23H2,1-3H3,(H,24,26). The van der Waals surface area contributed by atoms with Gasteiger partial charge in [0.25, 0.3) is 5.91 Å². The third kappa shape index (κ3) is 3.90. The molecule has 2 aromatic heterocycles. The lowest BCUT2D eigenvalue weighted by Crippen LogP contribution is -2.22. The number of nitrogens with zero attached hydrogens (tertiary/aromatic N) is 1. The fraction of sp³-hybridized carbons (Fsp3) is 0.263. The number of pyridine rings is 1. The van der Waals surface area contributed by atoms with Crippen molar-refractivity contribution in [2.75, 3.05) is 5.73 Å². The van der Waals surface area contributed by atoms with E-state index >= 15 is 0 Å². The Morgan fingerprint density at radius 3 is 2.37 bits per heavy atom. The average Bonchev–Trinajstić information content (AvgIpc) is 2.86. The first-order chi connectivity index (χ1) is 12.6. The van der Waals surface area contributed by atoms with Crippen LogP contribution >= 0.6 is 11.3 Å². The lowest BCUT2D eigenvalue weighted by molar-refractivity contribution is -0.136. The number of nitrogen functional groups attached to an aromatic ring is 1. The molecule has 0 fully saturated rings. The Balaban J connectivity index is 1.94. The Hall–Kier alpha value is -2.61. The molecule has 0 saturated carbocycles. The number of amides is 1. The van der Waals surface area contributed by atoms with Crippen LogP contribution in [0.2, 0.25) is 0 Å². The number of anilines is 1. The van der Waals surface area contributed by atoms with Gasteiger partial charge in [-0.2, -0.15) is 13.2 Å². The molecule has 3 aromatic rings. The second-order valence-corrected chi connectivity index (χ2v) is 7.51. The molecule has 1 aromatic carbocycles. The summed E-state index contributed by atoms with van der Waals surface area (Å²) in [6, 6.07) is 6.84. The largest absolute Gasteiger partial charge is 0.417 e. The molecule has 27 heavy (non-hydrogen) atoms. The zero-order valence-corrected chi connectivity index (χ0v) is 15.8. The number of rotatable bonds is 3. The van der Waals surface area contributed by atoms with Crippen molar-refractivity contribution < 1.29 is 18.0 Å². The Labute approximate surface area is 158 Å². The predicted octanol–water partition coefficient (Wildman–Crippen LogP) is 4.75. The number of carbonyl (C=O) groups is 1. The first-order valence-electron chi connectivity index (χ1n) is 8.18. The van der Waals surface area contributed by atoms with Gasteiger partial charge in [0.15, 0.2) is 0 Å². The normalized spacial score (nSPS) is 11.8. The van der Waals surface area contributed by atoms with Crippen molar-refractivity contribution in [3.05, 3.63) is 57.1 Å². The first-order valence-corrected chi connectivity index (χ1v) is 9.00. The fourth-order valence-electron chi connectivity index (χ4n) is 3.07. The van der Waals surface area contributed by atoms with Crippen molar-refractivity contribution in [3.8, 4) is 0 Å². The summed E-state index contributed by atoms with van der Waals surface area (Å²) in [5.41, 5.74) is 8.12. The molecule has 0 radical (unpaired) electrons. The number of halogens is 3. The van der Waals surface area contributed by atoms with Gasteiger partial charge in [0.1, 0.15) is 9.71 Å². The van der Waals surface area contributed by atoms with Crippen LogP contribution in [0.3, 0.4) is 0 Å². The maximum atomic E-state index is 13.4. The molecule has 1 amide bonds. The van der Waals surface area contributed by atoms with Crippen molar-refractivity contribution in [2.24, 2.45) is 0 Å². The lowest BCUT2D eigenvalue weighted by Gasteiger charge is -2.10. The van der Waals surface area contributed by atoms with Crippen LogP contribution in [-0.4, -0.2) is 10.9 Å². The van der Waals surface area contributed by atoms with E-state index in [4.69, 9.17) is 5.73 Å². The number of nitrogens with one attached hydrogen (secondary N) is 1. The van der Waals surface area contributed by atoms with Crippen molar-refractivity contribution in [3.63, 3.8) is 0 Å². The molecule has 142 valence electrons. The maximum Gasteiger partial charge on any atom is 0.417 e. The summed E-state index contributed by atoms with van der Waals surface area (Å²) in [6.07, 6.45) is -4.58. The van der Waals surface area contributed by atoms with Gasteiger partial charge in [-0.15, -0.1) is 11.3 Å². The highest BCUT2D eigenvalue weighted by Crippen LogP contribution is 2.42. The number of fused-ring (bicyclic) bond motifs is 1. The van der Waals surface area contributed by atoms with E-state index in [2.05, 4.69) is 10.3 Å². The summed E-state index contributed by atoms with van der Waals surface area (Å²) in [4.78, 5) is 16.8. The van der Waals surface area contributed by atoms with E-state index < -0.39 is 17.6 Å². The minimum atomic E-state index is -4.58. The molecule has 0 aliphatic carbocycles. The Bertz CT molecular complexity index is 1020.